The van der Waals surface area contributed by atoms with Crippen molar-refractivity contribution in [1.82, 2.24) is 4.90 Å². The third kappa shape index (κ3) is 3.39. The molecule has 0 aliphatic heterocycles. The Morgan fingerprint density at radius 3 is 2.62 bits per heavy atom. The highest BCUT2D eigenvalue weighted by atomic mass is 16.6. The molecule has 0 bridgehead atoms. The number of nitrogens with two attached hydrogens (primary N) is 1. The van der Waals surface area contributed by atoms with Crippen LogP contribution < -0.4 is 11.3 Å². The number of rotatable bonds is 6. The molecule has 0 saturated heterocycles. The molecular formula is C14H18N4O3. The topological polar surface area (TPSA) is 97.6 Å². The fraction of sp³-hybridized carbons (Fsp3) is 0.286. The number of hydrogen-bond acceptors (Lipinski definition) is 6. The number of benzene rings is 1. The highest BCUT2D eigenvalue weighted by molar-refractivity contribution is 5.65. The van der Waals surface area contributed by atoms with Gasteiger partial charge < -0.3 is 9.84 Å². The van der Waals surface area contributed by atoms with E-state index in [1.165, 1.54) is 6.07 Å². The average molecular weight is 290 g/mol. The summed E-state index contributed by atoms with van der Waals surface area (Å²) in [5.41, 5.74) is 4.62. The van der Waals surface area contributed by atoms with Gasteiger partial charge in [-0.15, -0.1) is 0 Å². The number of nitrogens with zero attached hydrogens (tertiary/aromatic N) is 2. The van der Waals surface area contributed by atoms with Gasteiger partial charge in [-0.2, -0.15) is 0 Å². The third-order valence-electron chi connectivity index (χ3n) is 3.32. The van der Waals surface area contributed by atoms with Crippen LogP contribution in [0.4, 0.5) is 11.4 Å². The largest absolute Gasteiger partial charge is 0.469 e. The Morgan fingerprint density at radius 2 is 2.05 bits per heavy atom. The fourth-order valence-electron chi connectivity index (χ4n) is 2.25. The van der Waals surface area contributed by atoms with Gasteiger partial charge in [-0.05, 0) is 25.6 Å². The molecule has 1 heterocycles. The van der Waals surface area contributed by atoms with Gasteiger partial charge in [0.15, 0.2) is 0 Å². The number of nitro benzene ring substituents is 1. The van der Waals surface area contributed by atoms with E-state index in [1.54, 1.807) is 12.3 Å². The van der Waals surface area contributed by atoms with Crippen LogP contribution in [0.3, 0.4) is 0 Å². The van der Waals surface area contributed by atoms with E-state index in [9.17, 15) is 10.1 Å². The van der Waals surface area contributed by atoms with Crippen molar-refractivity contribution in [3.8, 4) is 0 Å². The summed E-state index contributed by atoms with van der Waals surface area (Å²) in [7, 11) is 1.94. The number of nitrogens with one attached hydrogen (secondary N) is 1. The zero-order valence-electron chi connectivity index (χ0n) is 12.0. The van der Waals surface area contributed by atoms with Gasteiger partial charge in [-0.25, -0.2) is 0 Å². The van der Waals surface area contributed by atoms with Crippen molar-refractivity contribution in [2.75, 3.05) is 12.5 Å². The van der Waals surface area contributed by atoms with Gasteiger partial charge in [-0.3, -0.25) is 20.9 Å². The first kappa shape index (κ1) is 15.0. The summed E-state index contributed by atoms with van der Waals surface area (Å²) in [5.74, 6) is 6.31. The van der Waals surface area contributed by atoms with Gasteiger partial charge in [-0.1, -0.05) is 12.1 Å². The zero-order valence-corrected chi connectivity index (χ0v) is 12.0. The van der Waals surface area contributed by atoms with Gasteiger partial charge in [0.2, 0.25) is 0 Å². The summed E-state index contributed by atoms with van der Waals surface area (Å²) in [4.78, 5) is 12.6. The number of hydrazine groups is 1. The number of hydrogen-bond donors (Lipinski definition) is 2. The number of furan rings is 1. The number of para-hydroxylation sites is 1. The van der Waals surface area contributed by atoms with E-state index in [2.05, 4.69) is 5.43 Å². The second-order valence-corrected chi connectivity index (χ2v) is 4.89. The number of anilines is 1. The highest BCUT2D eigenvalue weighted by Crippen LogP contribution is 2.28. The summed E-state index contributed by atoms with van der Waals surface area (Å²) in [6.07, 6.45) is 1.65. The molecule has 0 aliphatic carbocycles. The molecule has 3 N–H and O–H groups in total. The monoisotopic (exact) mass is 290 g/mol. The van der Waals surface area contributed by atoms with E-state index in [1.807, 2.05) is 31.0 Å². The Labute approximate surface area is 122 Å². The molecule has 0 radical (unpaired) electrons. The molecule has 0 aliphatic rings. The van der Waals surface area contributed by atoms with Crippen molar-refractivity contribution in [1.29, 1.82) is 0 Å². The van der Waals surface area contributed by atoms with Crippen molar-refractivity contribution in [2.45, 2.75) is 20.0 Å². The summed E-state index contributed by atoms with van der Waals surface area (Å²) < 4.78 is 5.26. The Kier molecular flexibility index (Phi) is 4.56. The lowest BCUT2D eigenvalue weighted by molar-refractivity contribution is -0.384. The maximum Gasteiger partial charge on any atom is 0.293 e. The standard InChI is InChI=1S/C14H18N4O3/c1-10-11(6-7-21-10)8-17(2)9-12-4-3-5-13(18(19)20)14(12)16-15/h3-7,16H,8-9,15H2,1-2H3. The lowest BCUT2D eigenvalue weighted by atomic mass is 10.1. The minimum Gasteiger partial charge on any atom is -0.469 e. The first-order valence-corrected chi connectivity index (χ1v) is 6.47. The lowest BCUT2D eigenvalue weighted by Gasteiger charge is -2.18. The van der Waals surface area contributed by atoms with E-state index in [0.717, 1.165) is 16.9 Å². The van der Waals surface area contributed by atoms with Gasteiger partial charge in [0.1, 0.15) is 11.4 Å². The van der Waals surface area contributed by atoms with Crippen molar-refractivity contribution in [3.05, 3.63) is 57.5 Å². The zero-order chi connectivity index (χ0) is 15.4. The van der Waals surface area contributed by atoms with Crippen molar-refractivity contribution in [2.24, 2.45) is 5.84 Å². The first-order valence-electron chi connectivity index (χ1n) is 6.47. The Bertz CT molecular complexity index is 639. The minimum atomic E-state index is -0.446. The molecular weight excluding hydrogens is 272 g/mol. The van der Waals surface area contributed by atoms with Crippen molar-refractivity contribution >= 4 is 11.4 Å². The molecule has 1 aromatic carbocycles. The van der Waals surface area contributed by atoms with Crippen LogP contribution >= 0.6 is 0 Å². The quantitative estimate of drug-likeness (QED) is 0.481. The summed E-state index contributed by atoms with van der Waals surface area (Å²) in [6, 6.07) is 6.83. The van der Waals surface area contributed by atoms with Gasteiger partial charge in [0.25, 0.3) is 5.69 Å². The van der Waals surface area contributed by atoms with Gasteiger partial charge >= 0.3 is 0 Å². The van der Waals surface area contributed by atoms with E-state index in [4.69, 9.17) is 10.3 Å². The second kappa shape index (κ2) is 6.38. The van der Waals surface area contributed by atoms with Crippen LogP contribution in [0.15, 0.2) is 34.9 Å². The van der Waals surface area contributed by atoms with E-state index in [-0.39, 0.29) is 5.69 Å². The fourth-order valence-corrected chi connectivity index (χ4v) is 2.25. The molecule has 7 nitrogen and oxygen atoms in total. The summed E-state index contributed by atoms with van der Waals surface area (Å²) in [6.45, 7) is 3.13. The van der Waals surface area contributed by atoms with Crippen LogP contribution in [0.5, 0.6) is 0 Å². The van der Waals surface area contributed by atoms with Crippen LogP contribution in [-0.2, 0) is 13.1 Å². The molecule has 1 aromatic heterocycles. The van der Waals surface area contributed by atoms with Crippen LogP contribution in [0, 0.1) is 17.0 Å². The predicted octanol–water partition coefficient (Wildman–Crippen LogP) is 2.41. The van der Waals surface area contributed by atoms with Crippen molar-refractivity contribution < 1.29 is 9.34 Å². The maximum absolute atomic E-state index is 11.0. The van der Waals surface area contributed by atoms with Gasteiger partial charge in [0, 0.05) is 24.7 Å². The Balaban J connectivity index is 2.17. The Hall–Kier alpha value is -2.38. The third-order valence-corrected chi connectivity index (χ3v) is 3.32. The predicted molar refractivity (Wildman–Crippen MR) is 79.5 cm³/mol. The molecule has 112 valence electrons. The van der Waals surface area contributed by atoms with E-state index >= 15 is 0 Å². The lowest BCUT2D eigenvalue weighted by Crippen LogP contribution is -2.20. The molecule has 21 heavy (non-hydrogen) atoms. The van der Waals surface area contributed by atoms with E-state index in [0.29, 0.717) is 18.8 Å². The summed E-state index contributed by atoms with van der Waals surface area (Å²) in [5, 5.41) is 11.0. The molecule has 0 unspecified atom stereocenters. The van der Waals surface area contributed by atoms with Gasteiger partial charge in [0.05, 0.1) is 11.2 Å². The highest BCUT2D eigenvalue weighted by Gasteiger charge is 2.17. The number of aryl methyl sites for hydroxylation is 1. The summed E-state index contributed by atoms with van der Waals surface area (Å²) >= 11 is 0. The van der Waals surface area contributed by atoms with Crippen LogP contribution in [0.25, 0.3) is 0 Å². The van der Waals surface area contributed by atoms with Crippen molar-refractivity contribution in [3.63, 3.8) is 0 Å². The molecule has 0 saturated carbocycles. The molecule has 7 heteroatoms. The normalized spacial score (nSPS) is 10.9. The smallest absolute Gasteiger partial charge is 0.293 e. The number of nitrogen functional groups attached to an aromatic ring is 1. The SMILES string of the molecule is Cc1occc1CN(C)Cc1cccc([N+](=O)[O-])c1NN. The second-order valence-electron chi connectivity index (χ2n) is 4.89. The van der Waals surface area contributed by atoms with Crippen LogP contribution in [0.2, 0.25) is 0 Å². The number of nitro groups is 1. The van der Waals surface area contributed by atoms with Crippen LogP contribution in [-0.4, -0.2) is 16.9 Å². The minimum absolute atomic E-state index is 0.0251. The molecule has 2 rings (SSSR count). The average Bonchev–Trinajstić information content (AvgIpc) is 2.83. The molecule has 0 atom stereocenters. The Morgan fingerprint density at radius 1 is 1.33 bits per heavy atom. The van der Waals surface area contributed by atoms with Crippen LogP contribution in [0.1, 0.15) is 16.9 Å². The van der Waals surface area contributed by atoms with E-state index < -0.39 is 4.92 Å². The molecule has 0 spiro atoms. The maximum atomic E-state index is 11.0. The molecule has 0 fully saturated rings. The molecule has 0 amide bonds. The molecule has 2 aromatic rings. The first-order chi connectivity index (χ1) is 10.0.